The summed E-state index contributed by atoms with van der Waals surface area (Å²) in [6.45, 7) is 1.45. The van der Waals surface area contributed by atoms with Crippen molar-refractivity contribution in [3.63, 3.8) is 0 Å². The first-order valence-corrected chi connectivity index (χ1v) is 4.79. The Hall–Kier alpha value is -0.550. The summed E-state index contributed by atoms with van der Waals surface area (Å²) in [6.07, 6.45) is 1.63. The Balaban J connectivity index is 3.64. The number of aliphatic hydroxyl groups is 1. The highest BCUT2D eigenvalue weighted by Gasteiger charge is 2.11. The minimum absolute atomic E-state index is 0.00139. The summed E-state index contributed by atoms with van der Waals surface area (Å²) in [7, 11) is 0. The van der Waals surface area contributed by atoms with Crippen molar-refractivity contribution in [2.24, 2.45) is 5.92 Å². The molecule has 4 nitrogen and oxygen atoms in total. The summed E-state index contributed by atoms with van der Waals surface area (Å²) in [5.74, 6) is -0.549. The van der Waals surface area contributed by atoms with Crippen LogP contribution in [0.4, 0.5) is 4.79 Å². The van der Waals surface area contributed by atoms with Crippen LogP contribution in [0.25, 0.3) is 0 Å². The monoisotopic (exact) mass is 191 g/mol. The minimum atomic E-state index is -0.396. The fourth-order valence-electron chi connectivity index (χ4n) is 0.508. The fraction of sp³-hybridized carbons (Fsp3) is 0.714. The Morgan fingerprint density at radius 2 is 2.17 bits per heavy atom. The van der Waals surface area contributed by atoms with Gasteiger partial charge in [-0.05, 0) is 6.26 Å². The van der Waals surface area contributed by atoms with Gasteiger partial charge in [0.2, 0.25) is 0 Å². The smallest absolute Gasteiger partial charge is 0.279 e. The van der Waals surface area contributed by atoms with E-state index in [9.17, 15) is 9.59 Å². The second-order valence-corrected chi connectivity index (χ2v) is 3.17. The molecule has 0 aliphatic carbocycles. The third-order valence-corrected chi connectivity index (χ3v) is 1.93. The zero-order valence-electron chi connectivity index (χ0n) is 7.16. The summed E-state index contributed by atoms with van der Waals surface area (Å²) in [5, 5.41) is 10.8. The van der Waals surface area contributed by atoms with E-state index in [1.54, 1.807) is 13.2 Å². The lowest BCUT2D eigenvalue weighted by Gasteiger charge is -2.06. The van der Waals surface area contributed by atoms with Crippen molar-refractivity contribution in [3.8, 4) is 0 Å². The summed E-state index contributed by atoms with van der Waals surface area (Å²) >= 11 is 1.02. The van der Waals surface area contributed by atoms with E-state index in [1.165, 1.54) is 0 Å². The number of rotatable bonds is 4. The predicted octanol–water partition coefficient (Wildman–Crippen LogP) is 0.256. The third kappa shape index (κ3) is 4.35. The van der Waals surface area contributed by atoms with Crippen LogP contribution in [-0.2, 0) is 4.79 Å². The van der Waals surface area contributed by atoms with Crippen LogP contribution in [0, 0.1) is 5.92 Å². The summed E-state index contributed by atoms with van der Waals surface area (Å²) in [6, 6.07) is 0. The molecule has 0 bridgehead atoms. The fourth-order valence-corrected chi connectivity index (χ4v) is 0.724. The van der Waals surface area contributed by atoms with Gasteiger partial charge in [0, 0.05) is 5.92 Å². The number of amides is 1. The van der Waals surface area contributed by atoms with Gasteiger partial charge in [-0.1, -0.05) is 18.7 Å². The molecule has 0 saturated heterocycles. The van der Waals surface area contributed by atoms with Crippen LogP contribution in [0.2, 0.25) is 0 Å². The van der Waals surface area contributed by atoms with E-state index >= 15 is 0 Å². The second-order valence-electron chi connectivity index (χ2n) is 2.40. The number of ketones is 1. The zero-order valence-corrected chi connectivity index (χ0v) is 7.98. The highest BCUT2D eigenvalue weighted by Crippen LogP contribution is 1.96. The van der Waals surface area contributed by atoms with Crippen LogP contribution in [0.3, 0.4) is 0 Å². The van der Waals surface area contributed by atoms with E-state index in [2.05, 4.69) is 5.32 Å². The summed E-state index contributed by atoms with van der Waals surface area (Å²) in [5.41, 5.74) is 0. The van der Waals surface area contributed by atoms with Gasteiger partial charge in [0.05, 0.1) is 13.2 Å². The first-order valence-electron chi connectivity index (χ1n) is 3.57. The van der Waals surface area contributed by atoms with Gasteiger partial charge in [0.1, 0.15) is 0 Å². The average Bonchev–Trinajstić information content (AvgIpc) is 2.11. The molecule has 1 amide bonds. The van der Waals surface area contributed by atoms with Crippen molar-refractivity contribution in [3.05, 3.63) is 0 Å². The molecule has 0 saturated carbocycles. The van der Waals surface area contributed by atoms with Crippen molar-refractivity contribution >= 4 is 22.8 Å². The van der Waals surface area contributed by atoms with Gasteiger partial charge in [0.15, 0.2) is 5.78 Å². The highest BCUT2D eigenvalue weighted by atomic mass is 32.2. The Morgan fingerprint density at radius 1 is 1.58 bits per heavy atom. The molecule has 0 aliphatic rings. The molecule has 0 aromatic heterocycles. The van der Waals surface area contributed by atoms with E-state index in [1.807, 2.05) is 0 Å². The van der Waals surface area contributed by atoms with Gasteiger partial charge in [-0.25, -0.2) is 0 Å². The van der Waals surface area contributed by atoms with Crippen LogP contribution < -0.4 is 5.32 Å². The standard InChI is InChI=1S/C7H13NO3S/c1-5(4-9)6(10)3-8-7(11)12-2/h5,9H,3-4H2,1-2H3,(H,8,11)/t5-/m1/s1. The second kappa shape index (κ2) is 6.02. The average molecular weight is 191 g/mol. The number of hydrogen-bond donors (Lipinski definition) is 2. The molecule has 1 atom stereocenters. The predicted molar refractivity (Wildman–Crippen MR) is 48.2 cm³/mol. The lowest BCUT2D eigenvalue weighted by atomic mass is 10.1. The van der Waals surface area contributed by atoms with Gasteiger partial charge in [-0.15, -0.1) is 0 Å². The maximum Gasteiger partial charge on any atom is 0.279 e. The zero-order chi connectivity index (χ0) is 9.56. The number of carbonyl (C=O) groups is 2. The number of carbonyl (C=O) groups excluding carboxylic acids is 2. The molecule has 0 heterocycles. The molecule has 12 heavy (non-hydrogen) atoms. The number of Topliss-reactive ketones (excluding diaryl/α,β-unsaturated/α-hetero) is 1. The molecule has 0 radical (unpaired) electrons. The van der Waals surface area contributed by atoms with Crippen LogP contribution in [0.5, 0.6) is 0 Å². The molecule has 70 valence electrons. The molecule has 0 aliphatic heterocycles. The van der Waals surface area contributed by atoms with Crippen LogP contribution in [0.1, 0.15) is 6.92 Å². The van der Waals surface area contributed by atoms with E-state index in [0.717, 1.165) is 11.8 Å². The molecule has 0 fully saturated rings. The SMILES string of the molecule is CSC(=O)NCC(=O)[C@H](C)CO. The van der Waals surface area contributed by atoms with Crippen molar-refractivity contribution in [1.82, 2.24) is 5.32 Å². The van der Waals surface area contributed by atoms with Gasteiger partial charge in [-0.3, -0.25) is 9.59 Å². The van der Waals surface area contributed by atoms with E-state index in [0.29, 0.717) is 0 Å². The number of thioether (sulfide) groups is 1. The van der Waals surface area contributed by atoms with Crippen molar-refractivity contribution in [2.45, 2.75) is 6.92 Å². The third-order valence-electron chi connectivity index (χ3n) is 1.42. The molecule has 0 rings (SSSR count). The quantitative estimate of drug-likeness (QED) is 0.668. The van der Waals surface area contributed by atoms with Crippen LogP contribution >= 0.6 is 11.8 Å². The summed E-state index contributed by atoms with van der Waals surface area (Å²) in [4.78, 5) is 21.7. The number of nitrogens with one attached hydrogen (secondary N) is 1. The van der Waals surface area contributed by atoms with E-state index in [4.69, 9.17) is 5.11 Å². The number of hydrogen-bond acceptors (Lipinski definition) is 4. The maximum absolute atomic E-state index is 11.0. The van der Waals surface area contributed by atoms with Crippen molar-refractivity contribution in [2.75, 3.05) is 19.4 Å². The normalized spacial score (nSPS) is 12.2. The van der Waals surface area contributed by atoms with Gasteiger partial charge >= 0.3 is 0 Å². The molecule has 5 heteroatoms. The summed E-state index contributed by atoms with van der Waals surface area (Å²) < 4.78 is 0. The molecular formula is C7H13NO3S. The Labute approximate surface area is 75.7 Å². The Bertz CT molecular complexity index is 172. The van der Waals surface area contributed by atoms with E-state index in [-0.39, 0.29) is 24.2 Å². The lowest BCUT2D eigenvalue weighted by Crippen LogP contribution is -2.30. The molecular weight excluding hydrogens is 178 g/mol. The molecule has 2 N–H and O–H groups in total. The van der Waals surface area contributed by atoms with Crippen LogP contribution in [-0.4, -0.2) is 35.5 Å². The molecule has 0 aromatic carbocycles. The first kappa shape index (κ1) is 11.4. The van der Waals surface area contributed by atoms with Gasteiger partial charge < -0.3 is 10.4 Å². The van der Waals surface area contributed by atoms with Crippen LogP contribution in [0.15, 0.2) is 0 Å². The van der Waals surface area contributed by atoms with E-state index < -0.39 is 5.92 Å². The minimum Gasteiger partial charge on any atom is -0.396 e. The van der Waals surface area contributed by atoms with Gasteiger partial charge in [-0.2, -0.15) is 0 Å². The topological polar surface area (TPSA) is 66.4 Å². The van der Waals surface area contributed by atoms with Crippen molar-refractivity contribution < 1.29 is 14.7 Å². The Kier molecular flexibility index (Phi) is 5.74. The molecule has 0 spiro atoms. The highest BCUT2D eigenvalue weighted by molar-refractivity contribution is 8.12. The number of aliphatic hydroxyl groups excluding tert-OH is 1. The molecule has 0 unspecified atom stereocenters. The Morgan fingerprint density at radius 3 is 2.58 bits per heavy atom. The largest absolute Gasteiger partial charge is 0.396 e. The van der Waals surface area contributed by atoms with Crippen molar-refractivity contribution in [1.29, 1.82) is 0 Å². The maximum atomic E-state index is 11.0. The van der Waals surface area contributed by atoms with Gasteiger partial charge in [0.25, 0.3) is 5.24 Å². The lowest BCUT2D eigenvalue weighted by molar-refractivity contribution is -0.122. The first-order chi connectivity index (χ1) is 5.61. The molecule has 0 aromatic rings.